The van der Waals surface area contributed by atoms with Crippen molar-refractivity contribution in [1.82, 2.24) is 4.90 Å². The Bertz CT molecular complexity index is 553. The summed E-state index contributed by atoms with van der Waals surface area (Å²) in [6.07, 6.45) is 1.72. The molecule has 1 aromatic carbocycles. The molecule has 1 fully saturated rings. The number of hydrogen-bond acceptors (Lipinski definition) is 2. The molecule has 0 spiro atoms. The van der Waals surface area contributed by atoms with Crippen LogP contribution in [0.2, 0.25) is 0 Å². The van der Waals surface area contributed by atoms with Crippen LogP contribution in [-0.2, 0) is 4.74 Å². The Morgan fingerprint density at radius 3 is 2.65 bits per heavy atom. The molecule has 0 bridgehead atoms. The van der Waals surface area contributed by atoms with Gasteiger partial charge >= 0.3 is 6.09 Å². The first kappa shape index (κ1) is 17.8. The summed E-state index contributed by atoms with van der Waals surface area (Å²) in [6, 6.07) is 6.89. The van der Waals surface area contributed by atoms with Gasteiger partial charge in [-0.2, -0.15) is 0 Å². The number of likely N-dealkylation sites (tertiary alicyclic amines) is 1. The van der Waals surface area contributed by atoms with Crippen molar-refractivity contribution in [2.45, 2.75) is 65.0 Å². The lowest BCUT2D eigenvalue weighted by molar-refractivity contribution is 0.0174. The zero-order valence-corrected chi connectivity index (χ0v) is 14.8. The van der Waals surface area contributed by atoms with Crippen LogP contribution < -0.4 is 0 Å². The third kappa shape index (κ3) is 4.46. The minimum absolute atomic E-state index is 0.142. The van der Waals surface area contributed by atoms with Crippen molar-refractivity contribution >= 4 is 6.09 Å². The Morgan fingerprint density at radius 2 is 2.04 bits per heavy atom. The lowest BCUT2D eigenvalue weighted by atomic mass is 9.83. The van der Waals surface area contributed by atoms with Gasteiger partial charge in [-0.05, 0) is 63.1 Å². The molecule has 23 heavy (non-hydrogen) atoms. The van der Waals surface area contributed by atoms with E-state index in [2.05, 4.69) is 13.8 Å². The number of halogens is 1. The quantitative estimate of drug-likeness (QED) is 0.787. The molecular weight excluding hydrogens is 293 g/mol. The fraction of sp³-hybridized carbons (Fsp3) is 0.632. The SMILES string of the molecule is C[C@H]([C@H](C)c1cccc(F)c1)[C@H]1CCCN1C(=O)OC(C)(C)C. The number of ether oxygens (including phenoxy) is 1. The van der Waals surface area contributed by atoms with Gasteiger partial charge in [-0.15, -0.1) is 0 Å². The number of carbonyl (C=O) groups excluding carboxylic acids is 1. The molecule has 1 aliphatic rings. The van der Waals surface area contributed by atoms with Gasteiger partial charge in [0.25, 0.3) is 0 Å². The number of nitrogens with zero attached hydrogens (tertiary/aromatic N) is 1. The van der Waals surface area contributed by atoms with E-state index in [1.165, 1.54) is 6.07 Å². The van der Waals surface area contributed by atoms with Crippen LogP contribution in [0.25, 0.3) is 0 Å². The summed E-state index contributed by atoms with van der Waals surface area (Å²) < 4.78 is 19.0. The van der Waals surface area contributed by atoms with Crippen LogP contribution in [-0.4, -0.2) is 29.2 Å². The second-order valence-electron chi connectivity index (χ2n) is 7.59. The Kier molecular flexibility index (Phi) is 5.33. The highest BCUT2D eigenvalue weighted by Gasteiger charge is 2.37. The lowest BCUT2D eigenvalue weighted by Gasteiger charge is -2.34. The van der Waals surface area contributed by atoms with E-state index in [4.69, 9.17) is 4.74 Å². The van der Waals surface area contributed by atoms with Crippen molar-refractivity contribution in [1.29, 1.82) is 0 Å². The van der Waals surface area contributed by atoms with Crippen LogP contribution in [0, 0.1) is 11.7 Å². The van der Waals surface area contributed by atoms with Gasteiger partial charge < -0.3 is 9.64 Å². The van der Waals surface area contributed by atoms with Gasteiger partial charge in [-0.3, -0.25) is 0 Å². The first-order chi connectivity index (χ1) is 10.7. The highest BCUT2D eigenvalue weighted by molar-refractivity contribution is 5.69. The molecule has 1 amide bonds. The van der Waals surface area contributed by atoms with Crippen molar-refractivity contribution in [3.05, 3.63) is 35.6 Å². The average Bonchev–Trinajstić information content (AvgIpc) is 2.93. The second-order valence-corrected chi connectivity index (χ2v) is 7.59. The Morgan fingerprint density at radius 1 is 1.35 bits per heavy atom. The van der Waals surface area contributed by atoms with Gasteiger partial charge in [-0.25, -0.2) is 9.18 Å². The maximum Gasteiger partial charge on any atom is 0.410 e. The number of benzene rings is 1. The molecule has 0 N–H and O–H groups in total. The average molecular weight is 321 g/mol. The third-order valence-electron chi connectivity index (χ3n) is 4.70. The van der Waals surface area contributed by atoms with Crippen molar-refractivity contribution in [2.24, 2.45) is 5.92 Å². The summed E-state index contributed by atoms with van der Waals surface area (Å²) in [5, 5.41) is 0. The summed E-state index contributed by atoms with van der Waals surface area (Å²) in [5.74, 6) is 0.211. The van der Waals surface area contributed by atoms with E-state index in [9.17, 15) is 9.18 Å². The van der Waals surface area contributed by atoms with E-state index < -0.39 is 5.60 Å². The van der Waals surface area contributed by atoms with Crippen LogP contribution >= 0.6 is 0 Å². The van der Waals surface area contributed by atoms with Gasteiger partial charge in [0.05, 0.1) is 0 Å². The van der Waals surface area contributed by atoms with Crippen LogP contribution in [0.1, 0.15) is 58.9 Å². The second kappa shape index (κ2) is 6.90. The first-order valence-corrected chi connectivity index (χ1v) is 8.44. The fourth-order valence-corrected chi connectivity index (χ4v) is 3.31. The van der Waals surface area contributed by atoms with E-state index >= 15 is 0 Å². The summed E-state index contributed by atoms with van der Waals surface area (Å²) in [7, 11) is 0. The predicted octanol–water partition coefficient (Wildman–Crippen LogP) is 4.96. The van der Waals surface area contributed by atoms with Crippen LogP contribution in [0.15, 0.2) is 24.3 Å². The molecule has 0 radical (unpaired) electrons. The largest absolute Gasteiger partial charge is 0.444 e. The minimum atomic E-state index is -0.484. The molecule has 1 aliphatic heterocycles. The van der Waals surface area contributed by atoms with Crippen LogP contribution in [0.4, 0.5) is 9.18 Å². The normalized spacial score (nSPS) is 21.1. The van der Waals surface area contributed by atoms with Crippen LogP contribution in [0.3, 0.4) is 0 Å². The topological polar surface area (TPSA) is 29.5 Å². The summed E-state index contributed by atoms with van der Waals surface area (Å²) in [4.78, 5) is 14.3. The summed E-state index contributed by atoms with van der Waals surface area (Å²) >= 11 is 0. The summed E-state index contributed by atoms with van der Waals surface area (Å²) in [6.45, 7) is 10.6. The smallest absolute Gasteiger partial charge is 0.410 e. The van der Waals surface area contributed by atoms with E-state index in [0.29, 0.717) is 0 Å². The van der Waals surface area contributed by atoms with Gasteiger partial charge in [0.1, 0.15) is 11.4 Å². The molecule has 3 atom stereocenters. The highest BCUT2D eigenvalue weighted by atomic mass is 19.1. The molecule has 1 heterocycles. The van der Waals surface area contributed by atoms with Gasteiger partial charge in [0, 0.05) is 12.6 Å². The molecule has 0 aliphatic carbocycles. The minimum Gasteiger partial charge on any atom is -0.444 e. The molecule has 3 nitrogen and oxygen atoms in total. The standard InChI is InChI=1S/C19H28FNO2/c1-13(15-8-6-9-16(20)12-15)14(2)17-10-7-11-21(17)18(22)23-19(3,4)5/h6,8-9,12-14,17H,7,10-11H2,1-5H3/t13-,14+,17+/m0/s1. The first-order valence-electron chi connectivity index (χ1n) is 8.44. The molecule has 128 valence electrons. The summed E-state index contributed by atoms with van der Waals surface area (Å²) in [5.41, 5.74) is 0.496. The van der Waals surface area contributed by atoms with Crippen LogP contribution in [0.5, 0.6) is 0 Å². The number of hydrogen-bond donors (Lipinski definition) is 0. The zero-order chi connectivity index (χ0) is 17.2. The van der Waals surface area contributed by atoms with E-state index in [-0.39, 0.29) is 29.8 Å². The van der Waals surface area contributed by atoms with Crippen molar-refractivity contribution < 1.29 is 13.9 Å². The molecular formula is C19H28FNO2. The van der Waals surface area contributed by atoms with Gasteiger partial charge in [0.2, 0.25) is 0 Å². The van der Waals surface area contributed by atoms with E-state index in [0.717, 1.165) is 24.9 Å². The van der Waals surface area contributed by atoms with Gasteiger partial charge in [0.15, 0.2) is 0 Å². The van der Waals surface area contributed by atoms with Crippen molar-refractivity contribution in [3.63, 3.8) is 0 Å². The van der Waals surface area contributed by atoms with Gasteiger partial charge in [-0.1, -0.05) is 26.0 Å². The Labute approximate surface area is 138 Å². The zero-order valence-electron chi connectivity index (χ0n) is 14.8. The van der Waals surface area contributed by atoms with Crippen molar-refractivity contribution in [3.8, 4) is 0 Å². The molecule has 0 unspecified atom stereocenters. The molecule has 1 saturated heterocycles. The number of rotatable bonds is 3. The highest BCUT2D eigenvalue weighted by Crippen LogP contribution is 2.34. The van der Waals surface area contributed by atoms with E-state index in [1.54, 1.807) is 12.1 Å². The molecule has 2 rings (SSSR count). The molecule has 0 aromatic heterocycles. The monoisotopic (exact) mass is 321 g/mol. The maximum atomic E-state index is 13.5. The molecule has 4 heteroatoms. The van der Waals surface area contributed by atoms with Crippen molar-refractivity contribution in [2.75, 3.05) is 6.54 Å². The lowest BCUT2D eigenvalue weighted by Crippen LogP contribution is -2.43. The molecule has 0 saturated carbocycles. The molecule has 1 aromatic rings. The Hall–Kier alpha value is -1.58. The predicted molar refractivity (Wildman–Crippen MR) is 89.9 cm³/mol. The fourth-order valence-electron chi connectivity index (χ4n) is 3.31. The third-order valence-corrected chi connectivity index (χ3v) is 4.70. The number of amides is 1. The maximum absolute atomic E-state index is 13.5. The number of carbonyl (C=O) groups is 1. The van der Waals surface area contributed by atoms with E-state index in [1.807, 2.05) is 31.7 Å². The Balaban J connectivity index is 2.11.